The highest BCUT2D eigenvalue weighted by Gasteiger charge is 2.42. The van der Waals surface area contributed by atoms with E-state index in [4.69, 9.17) is 0 Å². The average molecular weight is 213 g/mol. The Morgan fingerprint density at radius 2 is 2.14 bits per heavy atom. The lowest BCUT2D eigenvalue weighted by Gasteiger charge is -2.40. The van der Waals surface area contributed by atoms with Crippen molar-refractivity contribution in [2.45, 2.75) is 57.4 Å². The number of nitrogens with one attached hydrogen (secondary N) is 1. The van der Waals surface area contributed by atoms with Crippen LogP contribution in [0.2, 0.25) is 0 Å². The second kappa shape index (κ2) is 4.05. The molecule has 1 N–H and O–H groups in total. The van der Waals surface area contributed by atoms with E-state index >= 15 is 0 Å². The third-order valence-electron chi connectivity index (χ3n) is 4.15. The molecule has 0 radical (unpaired) electrons. The fourth-order valence-corrected chi connectivity index (χ4v) is 4.50. The normalized spacial score (nSPS) is 48.6. The molecule has 1 aliphatic heterocycles. The topological polar surface area (TPSA) is 12.0 Å². The molecule has 2 heteroatoms. The minimum Gasteiger partial charge on any atom is -0.299 e. The Kier molecular flexibility index (Phi) is 3.13. The molecule has 0 bridgehead atoms. The molecule has 1 aliphatic carbocycles. The first-order valence-electron chi connectivity index (χ1n) is 6.07. The largest absolute Gasteiger partial charge is 0.299 e. The minimum atomic E-state index is 0.465. The predicted octanol–water partition coefficient (Wildman–Crippen LogP) is 3.25. The summed E-state index contributed by atoms with van der Waals surface area (Å²) in [6, 6.07) is 0.778. The SMILES string of the molecule is CCC1CSC2(CCC(C)C(C)C2)N1. The van der Waals surface area contributed by atoms with Gasteiger partial charge in [-0.1, -0.05) is 20.8 Å². The number of hydrogen-bond acceptors (Lipinski definition) is 2. The van der Waals surface area contributed by atoms with Crippen molar-refractivity contribution in [2.24, 2.45) is 11.8 Å². The summed E-state index contributed by atoms with van der Waals surface area (Å²) in [4.78, 5) is 0.465. The van der Waals surface area contributed by atoms with Crippen molar-refractivity contribution in [1.29, 1.82) is 0 Å². The Labute approximate surface area is 92.4 Å². The molecule has 0 aromatic rings. The molecule has 0 amide bonds. The minimum absolute atomic E-state index is 0.465. The van der Waals surface area contributed by atoms with Gasteiger partial charge in [-0.15, -0.1) is 11.8 Å². The van der Waals surface area contributed by atoms with E-state index in [0.717, 1.165) is 17.9 Å². The molecule has 1 nitrogen and oxygen atoms in total. The molecule has 1 heterocycles. The van der Waals surface area contributed by atoms with Gasteiger partial charge < -0.3 is 0 Å². The molecule has 0 aromatic heterocycles. The van der Waals surface area contributed by atoms with E-state index in [-0.39, 0.29) is 0 Å². The smallest absolute Gasteiger partial charge is 0.0650 e. The second-order valence-electron chi connectivity index (χ2n) is 5.25. The van der Waals surface area contributed by atoms with Gasteiger partial charge in [-0.25, -0.2) is 0 Å². The summed E-state index contributed by atoms with van der Waals surface area (Å²) in [5.41, 5.74) is 0. The molecular formula is C12H23NS. The molecule has 2 fully saturated rings. The maximum Gasteiger partial charge on any atom is 0.0650 e. The van der Waals surface area contributed by atoms with Gasteiger partial charge in [0.15, 0.2) is 0 Å². The molecule has 1 saturated heterocycles. The lowest BCUT2D eigenvalue weighted by molar-refractivity contribution is 0.203. The maximum absolute atomic E-state index is 3.87. The van der Waals surface area contributed by atoms with Crippen LogP contribution in [0.15, 0.2) is 0 Å². The zero-order valence-electron chi connectivity index (χ0n) is 9.68. The Balaban J connectivity index is 1.98. The second-order valence-corrected chi connectivity index (χ2v) is 6.66. The molecule has 0 aromatic carbocycles. The van der Waals surface area contributed by atoms with Gasteiger partial charge in [0.2, 0.25) is 0 Å². The third-order valence-corrected chi connectivity index (χ3v) is 5.76. The highest BCUT2D eigenvalue weighted by molar-refractivity contribution is 8.00. The summed E-state index contributed by atoms with van der Waals surface area (Å²) in [5, 5.41) is 3.87. The van der Waals surface area contributed by atoms with E-state index < -0.39 is 0 Å². The number of rotatable bonds is 1. The van der Waals surface area contributed by atoms with Crippen LogP contribution in [0.5, 0.6) is 0 Å². The van der Waals surface area contributed by atoms with E-state index in [1.807, 2.05) is 0 Å². The summed E-state index contributed by atoms with van der Waals surface area (Å²) in [6.07, 6.45) is 5.48. The zero-order valence-corrected chi connectivity index (χ0v) is 10.5. The van der Waals surface area contributed by atoms with Crippen LogP contribution in [0.4, 0.5) is 0 Å². The van der Waals surface area contributed by atoms with Crippen molar-refractivity contribution in [3.63, 3.8) is 0 Å². The first kappa shape index (κ1) is 10.8. The fraction of sp³-hybridized carbons (Fsp3) is 1.00. The molecule has 1 saturated carbocycles. The summed E-state index contributed by atoms with van der Waals surface area (Å²) in [6.45, 7) is 7.13. The molecular weight excluding hydrogens is 190 g/mol. The van der Waals surface area contributed by atoms with Gasteiger partial charge in [0.1, 0.15) is 0 Å². The van der Waals surface area contributed by atoms with Gasteiger partial charge in [-0.05, 0) is 37.5 Å². The van der Waals surface area contributed by atoms with Gasteiger partial charge in [-0.3, -0.25) is 5.32 Å². The zero-order chi connectivity index (χ0) is 10.2. The van der Waals surface area contributed by atoms with E-state index in [0.29, 0.717) is 4.87 Å². The van der Waals surface area contributed by atoms with Crippen molar-refractivity contribution >= 4 is 11.8 Å². The summed E-state index contributed by atoms with van der Waals surface area (Å²) < 4.78 is 0. The molecule has 2 rings (SSSR count). The van der Waals surface area contributed by atoms with Gasteiger partial charge in [0, 0.05) is 11.8 Å². The van der Waals surface area contributed by atoms with Crippen LogP contribution in [-0.4, -0.2) is 16.7 Å². The van der Waals surface area contributed by atoms with Crippen molar-refractivity contribution in [1.82, 2.24) is 5.32 Å². The first-order chi connectivity index (χ1) is 6.65. The van der Waals surface area contributed by atoms with Crippen LogP contribution in [0.1, 0.15) is 46.5 Å². The van der Waals surface area contributed by atoms with Crippen LogP contribution < -0.4 is 5.32 Å². The Bertz CT molecular complexity index is 206. The number of hydrogen-bond donors (Lipinski definition) is 1. The van der Waals surface area contributed by atoms with Gasteiger partial charge in [0.25, 0.3) is 0 Å². The molecule has 4 unspecified atom stereocenters. The highest BCUT2D eigenvalue weighted by Crippen LogP contribution is 2.46. The molecule has 1 spiro atoms. The Hall–Kier alpha value is 0.310. The monoisotopic (exact) mass is 213 g/mol. The standard InChI is InChI=1S/C12H23NS/c1-4-11-8-14-12(13-11)6-5-9(2)10(3)7-12/h9-11,13H,4-8H2,1-3H3. The van der Waals surface area contributed by atoms with Crippen molar-refractivity contribution < 1.29 is 0 Å². The van der Waals surface area contributed by atoms with Gasteiger partial charge in [-0.2, -0.15) is 0 Å². The Morgan fingerprint density at radius 1 is 1.36 bits per heavy atom. The van der Waals surface area contributed by atoms with Crippen LogP contribution in [0, 0.1) is 11.8 Å². The third kappa shape index (κ3) is 1.96. The molecule has 4 atom stereocenters. The van der Waals surface area contributed by atoms with Crippen molar-refractivity contribution in [3.05, 3.63) is 0 Å². The summed E-state index contributed by atoms with van der Waals surface area (Å²) in [5.74, 6) is 3.17. The predicted molar refractivity (Wildman–Crippen MR) is 64.6 cm³/mol. The average Bonchev–Trinajstić information content (AvgIpc) is 2.56. The van der Waals surface area contributed by atoms with Crippen LogP contribution in [-0.2, 0) is 0 Å². The maximum atomic E-state index is 3.87. The lowest BCUT2D eigenvalue weighted by Crippen LogP contribution is -2.46. The van der Waals surface area contributed by atoms with Crippen LogP contribution in [0.25, 0.3) is 0 Å². The highest BCUT2D eigenvalue weighted by atomic mass is 32.2. The Morgan fingerprint density at radius 3 is 2.71 bits per heavy atom. The summed E-state index contributed by atoms with van der Waals surface area (Å²) >= 11 is 2.19. The van der Waals surface area contributed by atoms with Gasteiger partial charge >= 0.3 is 0 Å². The van der Waals surface area contributed by atoms with E-state index in [2.05, 4.69) is 37.8 Å². The first-order valence-corrected chi connectivity index (χ1v) is 7.05. The van der Waals surface area contributed by atoms with E-state index in [9.17, 15) is 0 Å². The molecule has 14 heavy (non-hydrogen) atoms. The van der Waals surface area contributed by atoms with E-state index in [1.54, 1.807) is 0 Å². The van der Waals surface area contributed by atoms with Crippen LogP contribution in [0.3, 0.4) is 0 Å². The molecule has 82 valence electrons. The van der Waals surface area contributed by atoms with Crippen LogP contribution >= 0.6 is 11.8 Å². The molecule has 2 aliphatic rings. The van der Waals surface area contributed by atoms with Crippen molar-refractivity contribution in [2.75, 3.05) is 5.75 Å². The van der Waals surface area contributed by atoms with E-state index in [1.165, 1.54) is 31.4 Å². The lowest BCUT2D eigenvalue weighted by atomic mass is 9.78. The quantitative estimate of drug-likeness (QED) is 0.717. The summed E-state index contributed by atoms with van der Waals surface area (Å²) in [7, 11) is 0. The van der Waals surface area contributed by atoms with Gasteiger partial charge in [0.05, 0.1) is 4.87 Å². The fourth-order valence-electron chi connectivity index (χ4n) is 2.77. The van der Waals surface area contributed by atoms with Crippen molar-refractivity contribution in [3.8, 4) is 0 Å². The number of thioether (sulfide) groups is 1.